The molecule has 0 bridgehead atoms. The molecule has 0 aromatic rings. The first-order valence-electron chi connectivity index (χ1n) is 6.57. The largest absolute Gasteiger partial charge is 0.394 e. The lowest BCUT2D eigenvalue weighted by molar-refractivity contribution is 0.0378. The summed E-state index contributed by atoms with van der Waals surface area (Å²) in [5.74, 6) is 0. The fourth-order valence-electron chi connectivity index (χ4n) is 1.41. The van der Waals surface area contributed by atoms with Crippen molar-refractivity contribution in [3.05, 3.63) is 0 Å². The number of ether oxygens (including phenoxy) is 2. The predicted molar refractivity (Wildman–Crippen MR) is 70.7 cm³/mol. The van der Waals surface area contributed by atoms with Crippen molar-refractivity contribution in [2.24, 2.45) is 0 Å². The van der Waals surface area contributed by atoms with Crippen molar-refractivity contribution < 1.29 is 19.7 Å². The molecular weight excluding hydrogens is 236 g/mol. The Kier molecular flexibility index (Phi) is 13.0. The summed E-state index contributed by atoms with van der Waals surface area (Å²) in [5.41, 5.74) is 0. The smallest absolute Gasteiger partial charge is 0.0701 e. The van der Waals surface area contributed by atoms with Gasteiger partial charge >= 0.3 is 0 Å². The van der Waals surface area contributed by atoms with Gasteiger partial charge in [-0.05, 0) is 13.8 Å². The second-order valence-corrected chi connectivity index (χ2v) is 4.22. The van der Waals surface area contributed by atoms with Gasteiger partial charge in [0.15, 0.2) is 0 Å². The minimum atomic E-state index is 0.0671. The van der Waals surface area contributed by atoms with E-state index in [4.69, 9.17) is 19.7 Å². The first-order chi connectivity index (χ1) is 8.70. The standard InChI is InChI=1S/C12H28N2O4/c1-11(17-7-5-15)9-13-3-4-14-10-12(2)18-8-6-16/h11-16H,3-10H2,1-2H3. The molecule has 0 radical (unpaired) electrons. The highest BCUT2D eigenvalue weighted by Crippen LogP contribution is 1.88. The fraction of sp³-hybridized carbons (Fsp3) is 1.00. The third kappa shape index (κ3) is 12.2. The lowest BCUT2D eigenvalue weighted by Gasteiger charge is -2.15. The Hall–Kier alpha value is -0.240. The van der Waals surface area contributed by atoms with Gasteiger partial charge in [-0.3, -0.25) is 0 Å². The predicted octanol–water partition coefficient (Wildman–Crippen LogP) is -1.04. The van der Waals surface area contributed by atoms with Gasteiger partial charge in [-0.1, -0.05) is 0 Å². The van der Waals surface area contributed by atoms with Crippen molar-refractivity contribution in [1.82, 2.24) is 10.6 Å². The zero-order valence-corrected chi connectivity index (χ0v) is 11.5. The third-order valence-corrected chi connectivity index (χ3v) is 2.33. The Labute approximate surface area is 110 Å². The van der Waals surface area contributed by atoms with E-state index >= 15 is 0 Å². The molecule has 0 heterocycles. The maximum absolute atomic E-state index is 8.59. The summed E-state index contributed by atoms with van der Waals surface area (Å²) in [6.45, 7) is 8.13. The minimum absolute atomic E-state index is 0.0671. The van der Waals surface area contributed by atoms with E-state index in [0.717, 1.165) is 26.2 Å². The molecule has 0 aromatic carbocycles. The fourth-order valence-corrected chi connectivity index (χ4v) is 1.41. The van der Waals surface area contributed by atoms with Crippen LogP contribution in [0.2, 0.25) is 0 Å². The van der Waals surface area contributed by atoms with Crippen LogP contribution in [0.5, 0.6) is 0 Å². The first kappa shape index (κ1) is 17.8. The molecule has 0 aromatic heterocycles. The molecule has 0 saturated carbocycles. The number of nitrogens with one attached hydrogen (secondary N) is 2. The van der Waals surface area contributed by atoms with Crippen LogP contribution in [0.1, 0.15) is 13.8 Å². The van der Waals surface area contributed by atoms with Gasteiger partial charge in [-0.25, -0.2) is 0 Å². The molecule has 0 fully saturated rings. The van der Waals surface area contributed by atoms with E-state index in [2.05, 4.69) is 10.6 Å². The van der Waals surface area contributed by atoms with E-state index in [1.54, 1.807) is 0 Å². The van der Waals surface area contributed by atoms with Crippen molar-refractivity contribution in [3.63, 3.8) is 0 Å². The van der Waals surface area contributed by atoms with Gasteiger partial charge in [0.05, 0.1) is 38.6 Å². The third-order valence-electron chi connectivity index (χ3n) is 2.33. The van der Waals surface area contributed by atoms with E-state index in [0.29, 0.717) is 13.2 Å². The monoisotopic (exact) mass is 264 g/mol. The Morgan fingerprint density at radius 2 is 1.22 bits per heavy atom. The van der Waals surface area contributed by atoms with Crippen LogP contribution in [0.3, 0.4) is 0 Å². The highest BCUT2D eigenvalue weighted by Gasteiger charge is 2.02. The molecule has 0 saturated heterocycles. The van der Waals surface area contributed by atoms with Crippen molar-refractivity contribution in [1.29, 1.82) is 0 Å². The summed E-state index contributed by atoms with van der Waals surface area (Å²) >= 11 is 0. The Bertz CT molecular complexity index is 154. The molecule has 6 nitrogen and oxygen atoms in total. The van der Waals surface area contributed by atoms with Crippen molar-refractivity contribution in [2.75, 3.05) is 52.6 Å². The van der Waals surface area contributed by atoms with E-state index in [-0.39, 0.29) is 25.4 Å². The normalized spacial score (nSPS) is 14.7. The van der Waals surface area contributed by atoms with Crippen molar-refractivity contribution in [2.45, 2.75) is 26.1 Å². The molecule has 0 spiro atoms. The van der Waals surface area contributed by atoms with Gasteiger partial charge < -0.3 is 30.3 Å². The Balaban J connectivity index is 3.19. The van der Waals surface area contributed by atoms with Crippen LogP contribution in [0, 0.1) is 0 Å². The topological polar surface area (TPSA) is 83.0 Å². The molecule has 2 atom stereocenters. The summed E-state index contributed by atoms with van der Waals surface area (Å²) in [4.78, 5) is 0. The van der Waals surface area contributed by atoms with Crippen LogP contribution in [-0.4, -0.2) is 75.0 Å². The van der Waals surface area contributed by atoms with Gasteiger partial charge in [0.2, 0.25) is 0 Å². The van der Waals surface area contributed by atoms with Crippen molar-refractivity contribution in [3.8, 4) is 0 Å². The maximum atomic E-state index is 8.59. The Morgan fingerprint density at radius 3 is 1.56 bits per heavy atom. The molecule has 18 heavy (non-hydrogen) atoms. The van der Waals surface area contributed by atoms with Crippen LogP contribution in [0.4, 0.5) is 0 Å². The van der Waals surface area contributed by atoms with Gasteiger partial charge in [-0.15, -0.1) is 0 Å². The van der Waals surface area contributed by atoms with Gasteiger partial charge in [0, 0.05) is 26.2 Å². The highest BCUT2D eigenvalue weighted by atomic mass is 16.5. The first-order valence-corrected chi connectivity index (χ1v) is 6.57. The van der Waals surface area contributed by atoms with E-state index < -0.39 is 0 Å². The molecule has 6 heteroatoms. The molecule has 0 amide bonds. The lowest BCUT2D eigenvalue weighted by Crippen LogP contribution is -2.36. The summed E-state index contributed by atoms with van der Waals surface area (Å²) in [6, 6.07) is 0. The second-order valence-electron chi connectivity index (χ2n) is 4.22. The lowest BCUT2D eigenvalue weighted by atomic mass is 10.4. The van der Waals surface area contributed by atoms with Crippen LogP contribution in [-0.2, 0) is 9.47 Å². The number of hydrogen-bond donors (Lipinski definition) is 4. The molecular formula is C12H28N2O4. The summed E-state index contributed by atoms with van der Waals surface area (Å²) in [7, 11) is 0. The summed E-state index contributed by atoms with van der Waals surface area (Å²) in [6.07, 6.45) is 0.230. The number of rotatable bonds is 13. The van der Waals surface area contributed by atoms with Gasteiger partial charge in [0.1, 0.15) is 0 Å². The quantitative estimate of drug-likeness (QED) is 0.318. The molecule has 4 N–H and O–H groups in total. The van der Waals surface area contributed by atoms with Crippen LogP contribution in [0.25, 0.3) is 0 Å². The van der Waals surface area contributed by atoms with Crippen molar-refractivity contribution >= 4 is 0 Å². The number of aliphatic hydroxyl groups is 2. The zero-order chi connectivity index (χ0) is 13.6. The molecule has 0 rings (SSSR count). The van der Waals surface area contributed by atoms with Crippen LogP contribution in [0.15, 0.2) is 0 Å². The van der Waals surface area contributed by atoms with E-state index in [1.807, 2.05) is 13.8 Å². The minimum Gasteiger partial charge on any atom is -0.394 e. The second kappa shape index (κ2) is 13.2. The molecule has 2 unspecified atom stereocenters. The molecule has 0 aliphatic rings. The zero-order valence-electron chi connectivity index (χ0n) is 11.5. The average molecular weight is 264 g/mol. The van der Waals surface area contributed by atoms with Gasteiger partial charge in [-0.2, -0.15) is 0 Å². The van der Waals surface area contributed by atoms with Crippen LogP contribution >= 0.6 is 0 Å². The Morgan fingerprint density at radius 1 is 0.833 bits per heavy atom. The highest BCUT2D eigenvalue weighted by molar-refractivity contribution is 4.59. The van der Waals surface area contributed by atoms with Crippen LogP contribution < -0.4 is 10.6 Å². The van der Waals surface area contributed by atoms with E-state index in [1.165, 1.54) is 0 Å². The maximum Gasteiger partial charge on any atom is 0.0701 e. The summed E-state index contributed by atoms with van der Waals surface area (Å²) < 4.78 is 10.6. The molecule has 110 valence electrons. The van der Waals surface area contributed by atoms with Gasteiger partial charge in [0.25, 0.3) is 0 Å². The summed E-state index contributed by atoms with van der Waals surface area (Å²) in [5, 5.41) is 23.7. The van der Waals surface area contributed by atoms with E-state index in [9.17, 15) is 0 Å². The SMILES string of the molecule is CC(CNCCNCC(C)OCCO)OCCO. The molecule has 0 aliphatic heterocycles. The number of aliphatic hydroxyl groups excluding tert-OH is 2. The number of hydrogen-bond acceptors (Lipinski definition) is 6. The molecule has 0 aliphatic carbocycles. The average Bonchev–Trinajstić information content (AvgIpc) is 2.37.